The van der Waals surface area contributed by atoms with Crippen molar-refractivity contribution in [1.82, 2.24) is 5.32 Å². The molecular weight excluding hydrogens is 282 g/mol. The van der Waals surface area contributed by atoms with Gasteiger partial charge < -0.3 is 10.4 Å². The zero-order valence-electron chi connectivity index (χ0n) is 12.3. The normalized spacial score (nSPS) is 13.9. The molecule has 2 N–H and O–H groups in total. The van der Waals surface area contributed by atoms with Crippen molar-refractivity contribution in [2.24, 2.45) is 0 Å². The number of nitrogens with one attached hydrogen (secondary N) is 1. The maximum atomic E-state index is 9.70. The highest BCUT2D eigenvalue weighted by Crippen LogP contribution is 2.24. The fraction of sp³-hybridized carbons (Fsp3) is 0.333. The summed E-state index contributed by atoms with van der Waals surface area (Å²) in [5.41, 5.74) is 2.31. The maximum absolute atomic E-state index is 9.70. The van der Waals surface area contributed by atoms with Gasteiger partial charge in [0.25, 0.3) is 0 Å². The number of rotatable bonds is 7. The smallest absolute Gasteiger partial charge is 0.0626 e. The summed E-state index contributed by atoms with van der Waals surface area (Å²) in [6.45, 7) is 2.25. The number of hydrogen-bond acceptors (Lipinski definition) is 2. The van der Waals surface area contributed by atoms with Crippen LogP contribution in [0, 0.1) is 0 Å². The molecule has 2 nitrogen and oxygen atoms in total. The topological polar surface area (TPSA) is 32.3 Å². The monoisotopic (exact) mass is 303 g/mol. The lowest BCUT2D eigenvalue weighted by atomic mass is 9.99. The summed E-state index contributed by atoms with van der Waals surface area (Å²) in [7, 11) is 0. The summed E-state index contributed by atoms with van der Waals surface area (Å²) in [4.78, 5) is 0. The fourth-order valence-corrected chi connectivity index (χ4v) is 2.64. The van der Waals surface area contributed by atoms with Crippen LogP contribution in [-0.4, -0.2) is 11.7 Å². The molecule has 0 aliphatic rings. The summed E-state index contributed by atoms with van der Waals surface area (Å²) in [5, 5.41) is 14.0. The molecule has 0 amide bonds. The second-order valence-electron chi connectivity index (χ2n) is 5.21. The van der Waals surface area contributed by atoms with Gasteiger partial charge in [0.15, 0.2) is 0 Å². The van der Waals surface area contributed by atoms with Crippen LogP contribution >= 0.6 is 11.6 Å². The van der Waals surface area contributed by atoms with Crippen LogP contribution in [0.5, 0.6) is 0 Å². The lowest BCUT2D eigenvalue weighted by Crippen LogP contribution is -2.29. The zero-order chi connectivity index (χ0) is 15.1. The van der Waals surface area contributed by atoms with Gasteiger partial charge in [0, 0.05) is 11.1 Å². The van der Waals surface area contributed by atoms with Crippen LogP contribution in [0.15, 0.2) is 54.6 Å². The van der Waals surface area contributed by atoms with E-state index in [9.17, 15) is 5.11 Å². The van der Waals surface area contributed by atoms with E-state index < -0.39 is 0 Å². The van der Waals surface area contributed by atoms with Crippen LogP contribution in [0.3, 0.4) is 0 Å². The lowest BCUT2D eigenvalue weighted by molar-refractivity contribution is 0.230. The average molecular weight is 304 g/mol. The summed E-state index contributed by atoms with van der Waals surface area (Å²) in [6.07, 6.45) is 2.10. The molecule has 0 aliphatic heterocycles. The molecule has 2 aromatic carbocycles. The van der Waals surface area contributed by atoms with E-state index in [0.717, 1.165) is 23.4 Å². The molecule has 0 aliphatic carbocycles. The SMILES string of the molecule is CCCC(NC(CO)c1ccccc1)c1ccc(Cl)cc1. The minimum atomic E-state index is -0.0570. The largest absolute Gasteiger partial charge is 0.394 e. The van der Waals surface area contributed by atoms with E-state index in [1.807, 2.05) is 42.5 Å². The van der Waals surface area contributed by atoms with Gasteiger partial charge in [-0.05, 0) is 29.7 Å². The molecule has 0 spiro atoms. The summed E-state index contributed by atoms with van der Waals surface area (Å²) >= 11 is 5.96. The Morgan fingerprint density at radius 1 is 0.952 bits per heavy atom. The highest BCUT2D eigenvalue weighted by atomic mass is 35.5. The quantitative estimate of drug-likeness (QED) is 0.789. The van der Waals surface area contributed by atoms with Crippen LogP contribution in [0.25, 0.3) is 0 Å². The number of benzene rings is 2. The van der Waals surface area contributed by atoms with E-state index in [-0.39, 0.29) is 18.7 Å². The molecule has 2 atom stereocenters. The van der Waals surface area contributed by atoms with Crippen molar-refractivity contribution in [2.45, 2.75) is 31.8 Å². The lowest BCUT2D eigenvalue weighted by Gasteiger charge is -2.25. The molecule has 0 bridgehead atoms. The van der Waals surface area contributed by atoms with Crippen molar-refractivity contribution in [3.05, 3.63) is 70.7 Å². The second-order valence-corrected chi connectivity index (χ2v) is 5.64. The van der Waals surface area contributed by atoms with Crippen molar-refractivity contribution in [1.29, 1.82) is 0 Å². The van der Waals surface area contributed by atoms with Crippen LogP contribution in [0.2, 0.25) is 5.02 Å². The van der Waals surface area contributed by atoms with Crippen LogP contribution in [0.1, 0.15) is 43.0 Å². The van der Waals surface area contributed by atoms with Crippen LogP contribution in [0.4, 0.5) is 0 Å². The van der Waals surface area contributed by atoms with Crippen molar-refractivity contribution in [3.8, 4) is 0 Å². The van der Waals surface area contributed by atoms with E-state index in [2.05, 4.69) is 24.4 Å². The van der Waals surface area contributed by atoms with E-state index in [4.69, 9.17) is 11.6 Å². The van der Waals surface area contributed by atoms with E-state index >= 15 is 0 Å². The third-order valence-electron chi connectivity index (χ3n) is 3.64. The molecule has 2 aromatic rings. The molecule has 112 valence electrons. The van der Waals surface area contributed by atoms with Crippen LogP contribution in [-0.2, 0) is 0 Å². The summed E-state index contributed by atoms with van der Waals surface area (Å²) in [6, 6.07) is 18.1. The summed E-state index contributed by atoms with van der Waals surface area (Å²) < 4.78 is 0. The van der Waals surface area contributed by atoms with Crippen molar-refractivity contribution in [2.75, 3.05) is 6.61 Å². The molecule has 2 unspecified atom stereocenters. The number of halogens is 1. The highest BCUT2D eigenvalue weighted by molar-refractivity contribution is 6.30. The van der Waals surface area contributed by atoms with Gasteiger partial charge in [-0.25, -0.2) is 0 Å². The van der Waals surface area contributed by atoms with Gasteiger partial charge in [0.1, 0.15) is 0 Å². The third kappa shape index (κ3) is 4.57. The van der Waals surface area contributed by atoms with E-state index in [0.29, 0.717) is 0 Å². The van der Waals surface area contributed by atoms with Gasteiger partial charge in [0.2, 0.25) is 0 Å². The van der Waals surface area contributed by atoms with Gasteiger partial charge in [-0.1, -0.05) is 67.4 Å². The van der Waals surface area contributed by atoms with Gasteiger partial charge >= 0.3 is 0 Å². The molecule has 0 saturated carbocycles. The molecule has 0 fully saturated rings. The first-order valence-electron chi connectivity index (χ1n) is 7.42. The predicted octanol–water partition coefficient (Wildman–Crippen LogP) is 4.50. The Hall–Kier alpha value is -1.35. The molecule has 2 rings (SSSR count). The fourth-order valence-electron chi connectivity index (χ4n) is 2.51. The molecule has 3 heteroatoms. The first kappa shape index (κ1) is 16.0. The van der Waals surface area contributed by atoms with Gasteiger partial charge in [0.05, 0.1) is 12.6 Å². The third-order valence-corrected chi connectivity index (χ3v) is 3.89. The van der Waals surface area contributed by atoms with Crippen LogP contribution < -0.4 is 5.32 Å². The van der Waals surface area contributed by atoms with E-state index in [1.54, 1.807) is 0 Å². The maximum Gasteiger partial charge on any atom is 0.0626 e. The second kappa shape index (κ2) is 8.18. The number of aliphatic hydroxyl groups excluding tert-OH is 1. The van der Waals surface area contributed by atoms with E-state index in [1.165, 1.54) is 5.56 Å². The number of hydrogen-bond donors (Lipinski definition) is 2. The van der Waals surface area contributed by atoms with Crippen molar-refractivity contribution >= 4 is 11.6 Å². The first-order valence-corrected chi connectivity index (χ1v) is 7.79. The Morgan fingerprint density at radius 3 is 2.14 bits per heavy atom. The molecule has 0 aromatic heterocycles. The Kier molecular flexibility index (Phi) is 6.24. The first-order chi connectivity index (χ1) is 10.2. The van der Waals surface area contributed by atoms with Gasteiger partial charge in [-0.2, -0.15) is 0 Å². The average Bonchev–Trinajstić information content (AvgIpc) is 2.53. The molecule has 21 heavy (non-hydrogen) atoms. The minimum Gasteiger partial charge on any atom is -0.394 e. The minimum absolute atomic E-state index is 0.0570. The molecule has 0 heterocycles. The highest BCUT2D eigenvalue weighted by Gasteiger charge is 2.17. The zero-order valence-corrected chi connectivity index (χ0v) is 13.1. The van der Waals surface area contributed by atoms with Gasteiger partial charge in [-0.15, -0.1) is 0 Å². The number of aliphatic hydroxyl groups is 1. The molecular formula is C18H22ClNO. The Labute approximate surface area is 131 Å². The van der Waals surface area contributed by atoms with Crippen molar-refractivity contribution < 1.29 is 5.11 Å². The standard InChI is InChI=1S/C18H22ClNO/c1-2-6-17(15-9-11-16(19)12-10-15)20-18(13-21)14-7-4-3-5-8-14/h3-5,7-12,17-18,20-21H,2,6,13H2,1H3. The summed E-state index contributed by atoms with van der Waals surface area (Å²) in [5.74, 6) is 0. The molecule has 0 saturated heterocycles. The predicted molar refractivity (Wildman–Crippen MR) is 88.5 cm³/mol. The molecule has 0 radical (unpaired) electrons. The van der Waals surface area contributed by atoms with Gasteiger partial charge in [-0.3, -0.25) is 0 Å². The van der Waals surface area contributed by atoms with Crippen molar-refractivity contribution in [3.63, 3.8) is 0 Å². The Bertz CT molecular complexity index is 527. The Balaban J connectivity index is 2.16. The Morgan fingerprint density at radius 2 is 1.57 bits per heavy atom.